The van der Waals surface area contributed by atoms with Gasteiger partial charge in [-0.05, 0) is 58.3 Å². The Balaban J connectivity index is 1.53. The average Bonchev–Trinajstić information content (AvgIpc) is 2.33. The highest BCUT2D eigenvalue weighted by molar-refractivity contribution is 4.70. The van der Waals surface area contributed by atoms with E-state index in [9.17, 15) is 0 Å². The predicted molar refractivity (Wildman–Crippen MR) is 67.6 cm³/mol. The Kier molecular flexibility index (Phi) is 5.07. The van der Waals surface area contributed by atoms with Gasteiger partial charge in [0.1, 0.15) is 0 Å². The summed E-state index contributed by atoms with van der Waals surface area (Å²) in [4.78, 5) is 5.12. The van der Waals surface area contributed by atoms with Gasteiger partial charge in [0.25, 0.3) is 0 Å². The summed E-state index contributed by atoms with van der Waals surface area (Å²) in [7, 11) is 2.25. The third kappa shape index (κ3) is 4.04. The molecule has 0 bridgehead atoms. The van der Waals surface area contributed by atoms with Crippen LogP contribution in [0, 0.1) is 5.92 Å². The Morgan fingerprint density at radius 3 is 2.44 bits per heavy atom. The second-order valence-corrected chi connectivity index (χ2v) is 5.60. The molecule has 2 saturated heterocycles. The summed E-state index contributed by atoms with van der Waals surface area (Å²) in [5, 5.41) is 2.44. The van der Waals surface area contributed by atoms with Gasteiger partial charge in [0, 0.05) is 13.1 Å². The first-order chi connectivity index (χ1) is 7.84. The number of nitrogens with two attached hydrogens (primary N) is 1. The highest BCUT2D eigenvalue weighted by atomic mass is 15.2. The van der Waals surface area contributed by atoms with E-state index in [2.05, 4.69) is 22.2 Å². The second kappa shape index (κ2) is 6.58. The van der Waals surface area contributed by atoms with Crippen LogP contribution >= 0.6 is 0 Å². The number of hydrogen-bond acceptors (Lipinski definition) is 2. The predicted octanol–water partition coefficient (Wildman–Crippen LogP) is -0.0126. The van der Waals surface area contributed by atoms with Gasteiger partial charge in [0.2, 0.25) is 0 Å². The molecule has 0 radical (unpaired) electrons. The van der Waals surface area contributed by atoms with Crippen LogP contribution in [-0.4, -0.2) is 62.7 Å². The second-order valence-electron chi connectivity index (χ2n) is 5.60. The smallest absolute Gasteiger partial charge is 0.0885 e. The molecule has 2 rings (SSSR count). The first-order valence-electron chi connectivity index (χ1n) is 7.07. The summed E-state index contributed by atoms with van der Waals surface area (Å²) in [5.41, 5.74) is 0. The molecule has 2 aliphatic rings. The molecule has 94 valence electrons. The molecule has 3 nitrogen and oxygen atoms in total. The average molecular weight is 226 g/mol. The Hall–Kier alpha value is -0.120. The van der Waals surface area contributed by atoms with Crippen molar-refractivity contribution in [2.24, 2.45) is 5.92 Å². The van der Waals surface area contributed by atoms with Gasteiger partial charge in [-0.3, -0.25) is 4.90 Å². The SMILES string of the molecule is CN1CCC(CCCN2CC[NH2+]CC2)CC1. The zero-order valence-corrected chi connectivity index (χ0v) is 10.8. The van der Waals surface area contributed by atoms with Gasteiger partial charge >= 0.3 is 0 Å². The first-order valence-corrected chi connectivity index (χ1v) is 7.07. The lowest BCUT2D eigenvalue weighted by Gasteiger charge is -2.30. The van der Waals surface area contributed by atoms with Crippen molar-refractivity contribution in [3.63, 3.8) is 0 Å². The van der Waals surface area contributed by atoms with Gasteiger partial charge in [-0.15, -0.1) is 0 Å². The Morgan fingerprint density at radius 2 is 1.75 bits per heavy atom. The van der Waals surface area contributed by atoms with Gasteiger partial charge in [0.05, 0.1) is 13.1 Å². The molecular formula is C13H28N3+. The molecule has 0 atom stereocenters. The Bertz CT molecular complexity index is 182. The lowest BCUT2D eigenvalue weighted by atomic mass is 9.92. The minimum absolute atomic E-state index is 1.02. The summed E-state index contributed by atoms with van der Waals surface area (Å²) < 4.78 is 0. The molecule has 2 heterocycles. The van der Waals surface area contributed by atoms with Crippen LogP contribution in [0.25, 0.3) is 0 Å². The van der Waals surface area contributed by atoms with Crippen molar-refractivity contribution in [3.05, 3.63) is 0 Å². The monoisotopic (exact) mass is 226 g/mol. The highest BCUT2D eigenvalue weighted by Crippen LogP contribution is 2.20. The lowest BCUT2D eigenvalue weighted by molar-refractivity contribution is -0.663. The van der Waals surface area contributed by atoms with Gasteiger partial charge < -0.3 is 10.2 Å². The number of hydrogen-bond donors (Lipinski definition) is 1. The van der Waals surface area contributed by atoms with Crippen molar-refractivity contribution < 1.29 is 5.32 Å². The standard InChI is InChI=1S/C13H27N3/c1-15-9-4-13(5-10-15)3-2-8-16-11-6-14-7-12-16/h13-14H,2-12H2,1H3/p+1. The van der Waals surface area contributed by atoms with Crippen LogP contribution in [-0.2, 0) is 0 Å². The molecule has 0 amide bonds. The number of rotatable bonds is 4. The molecule has 2 N–H and O–H groups in total. The van der Waals surface area contributed by atoms with Crippen LogP contribution in [0.1, 0.15) is 25.7 Å². The largest absolute Gasteiger partial charge is 0.344 e. The van der Waals surface area contributed by atoms with Crippen molar-refractivity contribution in [1.29, 1.82) is 0 Å². The summed E-state index contributed by atoms with van der Waals surface area (Å²) in [6.07, 6.45) is 5.76. The van der Waals surface area contributed by atoms with E-state index >= 15 is 0 Å². The van der Waals surface area contributed by atoms with Crippen LogP contribution in [0.2, 0.25) is 0 Å². The minimum Gasteiger partial charge on any atom is -0.344 e. The fourth-order valence-corrected chi connectivity index (χ4v) is 2.98. The molecule has 0 aromatic heterocycles. The number of nitrogens with zero attached hydrogens (tertiary/aromatic N) is 2. The Labute approximate surface area is 100 Å². The molecule has 2 aliphatic heterocycles. The van der Waals surface area contributed by atoms with Gasteiger partial charge in [0.15, 0.2) is 0 Å². The molecule has 0 spiro atoms. The molecule has 0 unspecified atom stereocenters. The molecule has 0 aromatic rings. The van der Waals surface area contributed by atoms with Crippen molar-refractivity contribution in [3.8, 4) is 0 Å². The fraction of sp³-hybridized carbons (Fsp3) is 1.00. The molecule has 16 heavy (non-hydrogen) atoms. The number of quaternary nitrogens is 1. The maximum absolute atomic E-state index is 2.65. The van der Waals surface area contributed by atoms with E-state index in [0.717, 1.165) is 5.92 Å². The van der Waals surface area contributed by atoms with Crippen molar-refractivity contribution in [2.75, 3.05) is 52.9 Å². The number of piperidine rings is 1. The highest BCUT2D eigenvalue weighted by Gasteiger charge is 2.17. The molecule has 0 aromatic carbocycles. The van der Waals surface area contributed by atoms with Crippen molar-refractivity contribution >= 4 is 0 Å². The Morgan fingerprint density at radius 1 is 1.06 bits per heavy atom. The van der Waals surface area contributed by atoms with E-state index in [1.165, 1.54) is 71.5 Å². The topological polar surface area (TPSA) is 23.1 Å². The first kappa shape index (κ1) is 12.3. The van der Waals surface area contributed by atoms with E-state index in [1.807, 2.05) is 0 Å². The van der Waals surface area contributed by atoms with Crippen LogP contribution in [0.3, 0.4) is 0 Å². The van der Waals surface area contributed by atoms with Gasteiger partial charge in [-0.1, -0.05) is 0 Å². The maximum Gasteiger partial charge on any atom is 0.0885 e. The third-order valence-corrected chi connectivity index (χ3v) is 4.22. The van der Waals surface area contributed by atoms with E-state index < -0.39 is 0 Å². The molecule has 0 saturated carbocycles. The molecule has 2 fully saturated rings. The summed E-state index contributed by atoms with van der Waals surface area (Å²) in [6.45, 7) is 9.25. The normalized spacial score (nSPS) is 26.1. The van der Waals surface area contributed by atoms with E-state index in [4.69, 9.17) is 0 Å². The van der Waals surface area contributed by atoms with Crippen molar-refractivity contribution in [1.82, 2.24) is 9.80 Å². The molecule has 0 aliphatic carbocycles. The summed E-state index contributed by atoms with van der Waals surface area (Å²) in [6, 6.07) is 0. The summed E-state index contributed by atoms with van der Waals surface area (Å²) in [5.74, 6) is 1.02. The minimum atomic E-state index is 1.02. The van der Waals surface area contributed by atoms with E-state index in [0.29, 0.717) is 0 Å². The zero-order valence-electron chi connectivity index (χ0n) is 10.8. The lowest BCUT2D eigenvalue weighted by Crippen LogP contribution is -2.89. The van der Waals surface area contributed by atoms with Crippen LogP contribution < -0.4 is 5.32 Å². The van der Waals surface area contributed by atoms with Gasteiger partial charge in [-0.2, -0.15) is 0 Å². The van der Waals surface area contributed by atoms with E-state index in [1.54, 1.807) is 0 Å². The molecular weight excluding hydrogens is 198 g/mol. The number of likely N-dealkylation sites (tertiary alicyclic amines) is 1. The zero-order chi connectivity index (χ0) is 11.2. The molecule has 3 heteroatoms. The van der Waals surface area contributed by atoms with Crippen LogP contribution in [0.4, 0.5) is 0 Å². The quantitative estimate of drug-likeness (QED) is 0.728. The number of piperazine rings is 1. The van der Waals surface area contributed by atoms with E-state index in [-0.39, 0.29) is 0 Å². The third-order valence-electron chi connectivity index (χ3n) is 4.22. The van der Waals surface area contributed by atoms with Crippen LogP contribution in [0.15, 0.2) is 0 Å². The van der Waals surface area contributed by atoms with Crippen LogP contribution in [0.5, 0.6) is 0 Å². The van der Waals surface area contributed by atoms with Crippen molar-refractivity contribution in [2.45, 2.75) is 25.7 Å². The fourth-order valence-electron chi connectivity index (χ4n) is 2.98. The maximum atomic E-state index is 2.65. The summed E-state index contributed by atoms with van der Waals surface area (Å²) >= 11 is 0. The van der Waals surface area contributed by atoms with Gasteiger partial charge in [-0.25, -0.2) is 0 Å².